The number of hydrogen-bond acceptors (Lipinski definition) is 1. The van der Waals surface area contributed by atoms with Crippen LogP contribution in [-0.2, 0) is 0 Å². The zero-order valence-corrected chi connectivity index (χ0v) is 7.97. The molecule has 0 atom stereocenters. The first-order chi connectivity index (χ1) is 5.38. The third-order valence-corrected chi connectivity index (χ3v) is 2.61. The SMILES string of the molecule is CCCN(CCC)C1CCC1. The Morgan fingerprint density at radius 3 is 1.91 bits per heavy atom. The predicted molar refractivity (Wildman–Crippen MR) is 49.8 cm³/mol. The highest BCUT2D eigenvalue weighted by Crippen LogP contribution is 2.24. The molecule has 1 nitrogen and oxygen atoms in total. The minimum Gasteiger partial charge on any atom is -0.300 e. The van der Waals surface area contributed by atoms with Gasteiger partial charge in [0.15, 0.2) is 0 Å². The summed E-state index contributed by atoms with van der Waals surface area (Å²) in [5.41, 5.74) is 0. The van der Waals surface area contributed by atoms with Crippen molar-refractivity contribution >= 4 is 0 Å². The number of hydrogen-bond donors (Lipinski definition) is 0. The average molecular weight is 155 g/mol. The lowest BCUT2D eigenvalue weighted by Crippen LogP contribution is -2.40. The highest BCUT2D eigenvalue weighted by atomic mass is 15.2. The first kappa shape index (κ1) is 9.05. The van der Waals surface area contributed by atoms with E-state index in [1.807, 2.05) is 0 Å². The van der Waals surface area contributed by atoms with Gasteiger partial charge in [0, 0.05) is 6.04 Å². The molecule has 66 valence electrons. The molecule has 0 aliphatic heterocycles. The summed E-state index contributed by atoms with van der Waals surface area (Å²) in [5.74, 6) is 0. The van der Waals surface area contributed by atoms with Gasteiger partial charge in [-0.05, 0) is 38.8 Å². The van der Waals surface area contributed by atoms with Crippen LogP contribution in [0.2, 0.25) is 0 Å². The molecule has 1 rings (SSSR count). The van der Waals surface area contributed by atoms with E-state index in [9.17, 15) is 0 Å². The van der Waals surface area contributed by atoms with Crippen LogP contribution in [0.5, 0.6) is 0 Å². The van der Waals surface area contributed by atoms with Crippen LogP contribution in [0.4, 0.5) is 0 Å². The van der Waals surface area contributed by atoms with Gasteiger partial charge in [0.2, 0.25) is 0 Å². The second-order valence-electron chi connectivity index (χ2n) is 3.62. The first-order valence-corrected chi connectivity index (χ1v) is 5.12. The summed E-state index contributed by atoms with van der Waals surface area (Å²) in [6, 6.07) is 0.954. The minimum absolute atomic E-state index is 0.954. The third-order valence-electron chi connectivity index (χ3n) is 2.61. The minimum atomic E-state index is 0.954. The van der Waals surface area contributed by atoms with Crippen molar-refractivity contribution in [3.63, 3.8) is 0 Å². The second-order valence-corrected chi connectivity index (χ2v) is 3.62. The largest absolute Gasteiger partial charge is 0.300 e. The van der Waals surface area contributed by atoms with E-state index in [2.05, 4.69) is 18.7 Å². The van der Waals surface area contributed by atoms with Gasteiger partial charge in [-0.1, -0.05) is 20.3 Å². The zero-order chi connectivity index (χ0) is 8.10. The van der Waals surface area contributed by atoms with Crippen molar-refractivity contribution in [2.24, 2.45) is 0 Å². The molecule has 1 saturated carbocycles. The molecular formula is C10H21N. The first-order valence-electron chi connectivity index (χ1n) is 5.12. The normalized spacial score (nSPS) is 18.8. The van der Waals surface area contributed by atoms with Crippen molar-refractivity contribution in [1.82, 2.24) is 4.90 Å². The van der Waals surface area contributed by atoms with Crippen LogP contribution in [0.3, 0.4) is 0 Å². The van der Waals surface area contributed by atoms with Crippen LogP contribution >= 0.6 is 0 Å². The highest BCUT2D eigenvalue weighted by molar-refractivity contribution is 4.79. The lowest BCUT2D eigenvalue weighted by atomic mass is 9.91. The van der Waals surface area contributed by atoms with Crippen LogP contribution in [-0.4, -0.2) is 24.0 Å². The van der Waals surface area contributed by atoms with E-state index in [0.717, 1.165) is 6.04 Å². The van der Waals surface area contributed by atoms with Crippen LogP contribution in [0, 0.1) is 0 Å². The third kappa shape index (κ3) is 2.48. The Labute approximate surface area is 70.8 Å². The van der Waals surface area contributed by atoms with Crippen LogP contribution in [0.25, 0.3) is 0 Å². The van der Waals surface area contributed by atoms with Gasteiger partial charge in [0.1, 0.15) is 0 Å². The summed E-state index contributed by atoms with van der Waals surface area (Å²) in [7, 11) is 0. The molecule has 0 aromatic carbocycles. The molecular weight excluding hydrogens is 134 g/mol. The summed E-state index contributed by atoms with van der Waals surface area (Å²) in [6.45, 7) is 7.19. The fraction of sp³-hybridized carbons (Fsp3) is 1.00. The van der Waals surface area contributed by atoms with Crippen molar-refractivity contribution in [2.75, 3.05) is 13.1 Å². The van der Waals surface area contributed by atoms with Gasteiger partial charge < -0.3 is 4.90 Å². The molecule has 0 spiro atoms. The Balaban J connectivity index is 2.19. The molecule has 1 aliphatic rings. The molecule has 0 bridgehead atoms. The summed E-state index contributed by atoms with van der Waals surface area (Å²) in [6.07, 6.45) is 7.02. The predicted octanol–water partition coefficient (Wildman–Crippen LogP) is 2.66. The lowest BCUT2D eigenvalue weighted by molar-refractivity contribution is 0.127. The molecule has 0 aromatic heterocycles. The van der Waals surface area contributed by atoms with Crippen molar-refractivity contribution < 1.29 is 0 Å². The standard InChI is InChI=1S/C10H21N/c1-3-8-11(9-4-2)10-6-5-7-10/h10H,3-9H2,1-2H3. The highest BCUT2D eigenvalue weighted by Gasteiger charge is 2.22. The van der Waals surface area contributed by atoms with Crippen LogP contribution < -0.4 is 0 Å². The summed E-state index contributed by atoms with van der Waals surface area (Å²) in [4.78, 5) is 2.67. The molecule has 1 aliphatic carbocycles. The molecule has 0 amide bonds. The fourth-order valence-corrected chi connectivity index (χ4v) is 1.80. The molecule has 1 fully saturated rings. The Morgan fingerprint density at radius 2 is 1.64 bits per heavy atom. The summed E-state index contributed by atoms with van der Waals surface area (Å²) in [5, 5.41) is 0. The van der Waals surface area contributed by atoms with E-state index in [1.165, 1.54) is 45.2 Å². The lowest BCUT2D eigenvalue weighted by Gasteiger charge is -2.37. The monoisotopic (exact) mass is 155 g/mol. The molecule has 0 heterocycles. The summed E-state index contributed by atoms with van der Waals surface area (Å²) < 4.78 is 0. The van der Waals surface area contributed by atoms with Crippen molar-refractivity contribution in [2.45, 2.75) is 52.0 Å². The van der Waals surface area contributed by atoms with Crippen LogP contribution in [0.1, 0.15) is 46.0 Å². The molecule has 11 heavy (non-hydrogen) atoms. The topological polar surface area (TPSA) is 3.24 Å². The Kier molecular flexibility index (Phi) is 3.92. The molecule has 0 N–H and O–H groups in total. The fourth-order valence-electron chi connectivity index (χ4n) is 1.80. The quantitative estimate of drug-likeness (QED) is 0.590. The van der Waals surface area contributed by atoms with E-state index in [0.29, 0.717) is 0 Å². The average Bonchev–Trinajstić information content (AvgIpc) is 1.85. The molecule has 0 aromatic rings. The van der Waals surface area contributed by atoms with E-state index in [4.69, 9.17) is 0 Å². The van der Waals surface area contributed by atoms with Crippen LogP contribution in [0.15, 0.2) is 0 Å². The molecule has 1 heteroatoms. The smallest absolute Gasteiger partial charge is 0.00952 e. The van der Waals surface area contributed by atoms with Gasteiger partial charge >= 0.3 is 0 Å². The van der Waals surface area contributed by atoms with Gasteiger partial charge in [-0.25, -0.2) is 0 Å². The second kappa shape index (κ2) is 4.76. The van der Waals surface area contributed by atoms with Gasteiger partial charge in [-0.3, -0.25) is 0 Å². The van der Waals surface area contributed by atoms with Gasteiger partial charge in [-0.15, -0.1) is 0 Å². The molecule has 0 unspecified atom stereocenters. The van der Waals surface area contributed by atoms with Crippen molar-refractivity contribution in [3.8, 4) is 0 Å². The maximum Gasteiger partial charge on any atom is 0.00952 e. The maximum atomic E-state index is 2.67. The summed E-state index contributed by atoms with van der Waals surface area (Å²) >= 11 is 0. The number of nitrogens with zero attached hydrogens (tertiary/aromatic N) is 1. The van der Waals surface area contributed by atoms with E-state index in [1.54, 1.807) is 0 Å². The Bertz CT molecular complexity index is 91.0. The Morgan fingerprint density at radius 1 is 1.09 bits per heavy atom. The maximum absolute atomic E-state index is 2.67. The van der Waals surface area contributed by atoms with Crippen molar-refractivity contribution in [1.29, 1.82) is 0 Å². The number of rotatable bonds is 5. The van der Waals surface area contributed by atoms with Gasteiger partial charge in [-0.2, -0.15) is 0 Å². The van der Waals surface area contributed by atoms with E-state index in [-0.39, 0.29) is 0 Å². The molecule has 0 saturated heterocycles. The van der Waals surface area contributed by atoms with E-state index >= 15 is 0 Å². The molecule has 0 radical (unpaired) electrons. The van der Waals surface area contributed by atoms with Crippen molar-refractivity contribution in [3.05, 3.63) is 0 Å². The van der Waals surface area contributed by atoms with E-state index < -0.39 is 0 Å². The van der Waals surface area contributed by atoms with Gasteiger partial charge in [0.25, 0.3) is 0 Å². The zero-order valence-electron chi connectivity index (χ0n) is 7.97. The van der Waals surface area contributed by atoms with Gasteiger partial charge in [0.05, 0.1) is 0 Å². The Hall–Kier alpha value is -0.0400.